The number of hydrogen-bond acceptors (Lipinski definition) is 6. The number of rotatable bonds is 4. The van der Waals surface area contributed by atoms with E-state index in [0.29, 0.717) is 16.9 Å². The molecule has 0 radical (unpaired) electrons. The molecule has 0 unspecified atom stereocenters. The van der Waals surface area contributed by atoms with E-state index in [1.54, 1.807) is 27.5 Å². The van der Waals surface area contributed by atoms with Crippen LogP contribution in [0.4, 0.5) is 0 Å². The monoisotopic (exact) mass is 466 g/mol. The van der Waals surface area contributed by atoms with Crippen LogP contribution in [0.5, 0.6) is 5.75 Å². The molecule has 0 amide bonds. The number of esters is 1. The number of aromatic nitrogens is 3. The number of methoxy groups -OCH3 is 1. The maximum atomic E-state index is 13.4. The summed E-state index contributed by atoms with van der Waals surface area (Å²) in [6.07, 6.45) is 2.59. The first-order chi connectivity index (χ1) is 15.6. The molecule has 4 aromatic rings. The van der Waals surface area contributed by atoms with Gasteiger partial charge in [-0.2, -0.15) is 0 Å². The Labute approximate surface area is 195 Å². The predicted molar refractivity (Wildman–Crippen MR) is 128 cm³/mol. The Morgan fingerprint density at radius 2 is 1.97 bits per heavy atom. The second kappa shape index (κ2) is 9.09. The number of nitrogens with zero attached hydrogens (tertiary/aromatic N) is 3. The predicted octanol–water partition coefficient (Wildman–Crippen LogP) is 3.30. The molecule has 2 aromatic heterocycles. The molecule has 2 aromatic carbocycles. The number of imidazole rings is 1. The van der Waals surface area contributed by atoms with Crippen molar-refractivity contribution in [2.45, 2.75) is 12.5 Å². The van der Waals surface area contributed by atoms with Crippen LogP contribution in [0.15, 0.2) is 65.6 Å². The number of hydrogen-bond donors (Lipinski definition) is 2. The van der Waals surface area contributed by atoms with Crippen LogP contribution < -0.4 is 11.0 Å². The third-order valence-corrected chi connectivity index (χ3v) is 5.89. The molecular weight excluding hydrogens is 444 g/mol. The van der Waals surface area contributed by atoms with Crippen LogP contribution in [-0.2, 0) is 4.74 Å². The number of aromatic hydroxyl groups is 1. The SMILES string of the molecule is COC(=O)c1ccc(-c2ccc(-n3c(=O)n([C@H]4CCNC4)c4ncccc43)cc2)c(O)c1.Cl. The number of benzene rings is 2. The molecule has 3 heterocycles. The van der Waals surface area contributed by atoms with Crippen molar-refractivity contribution >= 4 is 29.5 Å². The molecule has 0 saturated carbocycles. The summed E-state index contributed by atoms with van der Waals surface area (Å²) in [6.45, 7) is 1.62. The minimum Gasteiger partial charge on any atom is -0.507 e. The first-order valence-corrected chi connectivity index (χ1v) is 10.4. The maximum Gasteiger partial charge on any atom is 0.337 e. The van der Waals surface area contributed by atoms with E-state index in [9.17, 15) is 14.7 Å². The number of pyridine rings is 1. The van der Waals surface area contributed by atoms with Crippen molar-refractivity contribution < 1.29 is 14.6 Å². The molecule has 1 atom stereocenters. The highest BCUT2D eigenvalue weighted by Gasteiger charge is 2.24. The van der Waals surface area contributed by atoms with E-state index < -0.39 is 5.97 Å². The summed E-state index contributed by atoms with van der Waals surface area (Å²) >= 11 is 0. The zero-order chi connectivity index (χ0) is 22.2. The fourth-order valence-corrected chi connectivity index (χ4v) is 4.30. The van der Waals surface area contributed by atoms with Gasteiger partial charge in [-0.25, -0.2) is 14.6 Å². The van der Waals surface area contributed by atoms with Gasteiger partial charge in [0.05, 0.1) is 29.9 Å². The van der Waals surface area contributed by atoms with E-state index in [0.717, 1.165) is 30.6 Å². The molecule has 1 aliphatic rings. The Hall–Kier alpha value is -3.62. The third-order valence-electron chi connectivity index (χ3n) is 5.89. The van der Waals surface area contributed by atoms with Gasteiger partial charge in [0.2, 0.25) is 0 Å². The average Bonchev–Trinajstić information content (AvgIpc) is 3.44. The molecule has 1 saturated heterocycles. The topological polar surface area (TPSA) is 98.4 Å². The second-order valence-electron chi connectivity index (χ2n) is 7.75. The molecule has 8 nitrogen and oxygen atoms in total. The third kappa shape index (κ3) is 3.88. The lowest BCUT2D eigenvalue weighted by Crippen LogP contribution is -2.28. The molecule has 0 spiro atoms. The Morgan fingerprint density at radius 3 is 2.64 bits per heavy atom. The summed E-state index contributed by atoms with van der Waals surface area (Å²) in [5.74, 6) is -0.531. The van der Waals surface area contributed by atoms with Gasteiger partial charge >= 0.3 is 11.7 Å². The van der Waals surface area contributed by atoms with Crippen molar-refractivity contribution in [1.82, 2.24) is 19.4 Å². The number of carbonyl (C=O) groups is 1. The van der Waals surface area contributed by atoms with Gasteiger partial charge in [0.1, 0.15) is 5.75 Å². The van der Waals surface area contributed by atoms with Crippen LogP contribution in [0, 0.1) is 0 Å². The van der Waals surface area contributed by atoms with Gasteiger partial charge in [-0.1, -0.05) is 12.1 Å². The van der Waals surface area contributed by atoms with E-state index in [2.05, 4.69) is 10.3 Å². The van der Waals surface area contributed by atoms with Crippen molar-refractivity contribution in [2.75, 3.05) is 20.2 Å². The number of carbonyl (C=O) groups excluding carboxylic acids is 1. The second-order valence-corrected chi connectivity index (χ2v) is 7.75. The minimum absolute atomic E-state index is 0. The molecule has 0 bridgehead atoms. The first-order valence-electron chi connectivity index (χ1n) is 10.4. The number of fused-ring (bicyclic) bond motifs is 1. The van der Waals surface area contributed by atoms with E-state index >= 15 is 0 Å². The van der Waals surface area contributed by atoms with Crippen molar-refractivity contribution in [3.8, 4) is 22.6 Å². The molecule has 1 aliphatic heterocycles. The fourth-order valence-electron chi connectivity index (χ4n) is 4.30. The molecule has 9 heteroatoms. The van der Waals surface area contributed by atoms with Crippen LogP contribution in [0.1, 0.15) is 22.8 Å². The number of halogens is 1. The molecule has 0 aliphatic carbocycles. The minimum atomic E-state index is -0.510. The van der Waals surface area contributed by atoms with Crippen molar-refractivity contribution in [2.24, 2.45) is 0 Å². The molecule has 2 N–H and O–H groups in total. The Morgan fingerprint density at radius 1 is 1.18 bits per heavy atom. The Bertz CT molecular complexity index is 1370. The summed E-state index contributed by atoms with van der Waals surface area (Å²) in [7, 11) is 1.30. The van der Waals surface area contributed by atoms with Crippen molar-refractivity contribution in [3.05, 3.63) is 76.8 Å². The summed E-state index contributed by atoms with van der Waals surface area (Å²) in [5, 5.41) is 13.7. The van der Waals surface area contributed by atoms with E-state index in [-0.39, 0.29) is 35.5 Å². The number of ether oxygens (including phenoxy) is 1. The lowest BCUT2D eigenvalue weighted by atomic mass is 10.0. The zero-order valence-electron chi connectivity index (χ0n) is 17.9. The quantitative estimate of drug-likeness (QED) is 0.448. The van der Waals surface area contributed by atoms with Gasteiger partial charge in [-0.15, -0.1) is 12.4 Å². The van der Waals surface area contributed by atoms with Crippen LogP contribution in [-0.4, -0.2) is 45.4 Å². The molecule has 5 rings (SSSR count). The highest BCUT2D eigenvalue weighted by Crippen LogP contribution is 2.31. The van der Waals surface area contributed by atoms with Crippen LogP contribution in [0.25, 0.3) is 28.0 Å². The summed E-state index contributed by atoms with van der Waals surface area (Å²) in [4.78, 5) is 29.5. The van der Waals surface area contributed by atoms with Gasteiger partial charge in [0.25, 0.3) is 0 Å². The standard InChI is InChI=1S/C24H22N4O4.ClH/c1-32-23(30)16-6-9-19(21(29)13-16)15-4-7-17(8-5-15)27-20-3-2-11-26-22(20)28(24(27)31)18-10-12-25-14-18;/h2-9,11,13,18,25,29H,10,12,14H2,1H3;1H/t18-;/m0./s1. The average molecular weight is 467 g/mol. The lowest BCUT2D eigenvalue weighted by molar-refractivity contribution is 0.0600. The van der Waals surface area contributed by atoms with Crippen molar-refractivity contribution in [3.63, 3.8) is 0 Å². The lowest BCUT2D eigenvalue weighted by Gasteiger charge is -2.10. The number of phenolic OH excluding ortho intramolecular Hbond substituents is 1. The molecule has 170 valence electrons. The number of nitrogens with one attached hydrogen (secondary N) is 1. The van der Waals surface area contributed by atoms with E-state index in [1.165, 1.54) is 13.2 Å². The Balaban J connectivity index is 0.00000259. The van der Waals surface area contributed by atoms with E-state index in [1.807, 2.05) is 36.4 Å². The van der Waals surface area contributed by atoms with Gasteiger partial charge in [-0.05, 0) is 61.0 Å². The fraction of sp³-hybridized carbons (Fsp3) is 0.208. The highest BCUT2D eigenvalue weighted by atomic mass is 35.5. The summed E-state index contributed by atoms with van der Waals surface area (Å²) in [5.41, 5.74) is 3.64. The van der Waals surface area contributed by atoms with Crippen LogP contribution >= 0.6 is 12.4 Å². The molecular formula is C24H23ClN4O4. The Kier molecular flexibility index (Phi) is 6.22. The normalized spacial score (nSPS) is 15.4. The van der Waals surface area contributed by atoms with Gasteiger partial charge in [0, 0.05) is 18.3 Å². The largest absolute Gasteiger partial charge is 0.507 e. The van der Waals surface area contributed by atoms with Crippen molar-refractivity contribution in [1.29, 1.82) is 0 Å². The highest BCUT2D eigenvalue weighted by molar-refractivity contribution is 5.91. The first kappa shape index (κ1) is 22.6. The smallest absolute Gasteiger partial charge is 0.337 e. The van der Waals surface area contributed by atoms with Crippen LogP contribution in [0.3, 0.4) is 0 Å². The van der Waals surface area contributed by atoms with Gasteiger partial charge in [0.15, 0.2) is 5.65 Å². The molecule has 33 heavy (non-hydrogen) atoms. The molecule has 1 fully saturated rings. The maximum absolute atomic E-state index is 13.4. The van der Waals surface area contributed by atoms with Gasteiger partial charge < -0.3 is 15.2 Å². The summed E-state index contributed by atoms with van der Waals surface area (Å²) < 4.78 is 8.14. The van der Waals surface area contributed by atoms with Gasteiger partial charge in [-0.3, -0.25) is 9.13 Å². The zero-order valence-corrected chi connectivity index (χ0v) is 18.7. The van der Waals surface area contributed by atoms with E-state index in [4.69, 9.17) is 4.74 Å². The van der Waals surface area contributed by atoms with Crippen LogP contribution in [0.2, 0.25) is 0 Å². The number of phenols is 1. The summed E-state index contributed by atoms with van der Waals surface area (Å²) in [6, 6.07) is 15.8.